The van der Waals surface area contributed by atoms with Crippen molar-refractivity contribution in [2.45, 2.75) is 13.5 Å². The molecule has 0 unspecified atom stereocenters. The first-order valence-electron chi connectivity index (χ1n) is 5.67. The number of methoxy groups -OCH3 is 1. The molecule has 4 nitrogen and oxygen atoms in total. The van der Waals surface area contributed by atoms with Crippen LogP contribution in [0.1, 0.15) is 12.5 Å². The normalized spacial score (nSPS) is 11.5. The molecule has 0 aromatic heterocycles. The summed E-state index contributed by atoms with van der Waals surface area (Å²) in [5.41, 5.74) is 1.59. The number of aliphatic hydroxyl groups is 2. The average molecular weight is 239 g/mol. The summed E-state index contributed by atoms with van der Waals surface area (Å²) >= 11 is 0. The van der Waals surface area contributed by atoms with Gasteiger partial charge in [0.05, 0.1) is 19.8 Å². The summed E-state index contributed by atoms with van der Waals surface area (Å²) in [6, 6.07) is 7.90. The fraction of sp³-hybridized carbons (Fsp3) is 0.538. The molecule has 96 valence electrons. The van der Waals surface area contributed by atoms with Crippen molar-refractivity contribution in [1.82, 2.24) is 0 Å². The van der Waals surface area contributed by atoms with Crippen molar-refractivity contribution in [2.24, 2.45) is 5.41 Å². The second-order valence-electron chi connectivity index (χ2n) is 4.61. The van der Waals surface area contributed by atoms with Crippen molar-refractivity contribution >= 4 is 5.69 Å². The summed E-state index contributed by atoms with van der Waals surface area (Å²) in [5, 5.41) is 21.5. The Kier molecular flexibility index (Phi) is 5.41. The van der Waals surface area contributed by atoms with E-state index in [2.05, 4.69) is 5.32 Å². The van der Waals surface area contributed by atoms with Crippen LogP contribution in [0.4, 0.5) is 5.69 Å². The lowest BCUT2D eigenvalue weighted by Gasteiger charge is -2.25. The average Bonchev–Trinajstić information content (AvgIpc) is 2.38. The van der Waals surface area contributed by atoms with Crippen LogP contribution in [0.15, 0.2) is 24.3 Å². The molecule has 17 heavy (non-hydrogen) atoms. The Balaban J connectivity index is 2.52. The molecule has 0 aliphatic rings. The lowest BCUT2D eigenvalue weighted by Crippen LogP contribution is -2.33. The van der Waals surface area contributed by atoms with Crippen LogP contribution in [0, 0.1) is 5.41 Å². The summed E-state index contributed by atoms with van der Waals surface area (Å²) in [4.78, 5) is 0. The van der Waals surface area contributed by atoms with Gasteiger partial charge in [0.2, 0.25) is 0 Å². The van der Waals surface area contributed by atoms with E-state index in [4.69, 9.17) is 14.9 Å². The first-order valence-corrected chi connectivity index (χ1v) is 5.67. The summed E-state index contributed by atoms with van der Waals surface area (Å²) in [7, 11) is 1.67. The van der Waals surface area contributed by atoms with E-state index >= 15 is 0 Å². The first-order chi connectivity index (χ1) is 8.13. The van der Waals surface area contributed by atoms with E-state index in [-0.39, 0.29) is 13.2 Å². The second kappa shape index (κ2) is 6.59. The molecule has 0 saturated heterocycles. The van der Waals surface area contributed by atoms with E-state index in [0.717, 1.165) is 11.3 Å². The number of hydrogen-bond donors (Lipinski definition) is 3. The Morgan fingerprint density at radius 3 is 2.24 bits per heavy atom. The molecule has 1 aromatic rings. The third-order valence-electron chi connectivity index (χ3n) is 2.75. The van der Waals surface area contributed by atoms with Crippen LogP contribution < -0.4 is 5.32 Å². The van der Waals surface area contributed by atoms with E-state index in [1.165, 1.54) is 0 Å². The summed E-state index contributed by atoms with van der Waals surface area (Å²) in [6.45, 7) is 2.88. The zero-order valence-electron chi connectivity index (χ0n) is 10.4. The van der Waals surface area contributed by atoms with Crippen molar-refractivity contribution in [1.29, 1.82) is 0 Å². The molecule has 0 fully saturated rings. The van der Waals surface area contributed by atoms with Crippen molar-refractivity contribution in [3.8, 4) is 0 Å². The Bertz CT molecular complexity index is 320. The lowest BCUT2D eigenvalue weighted by atomic mass is 9.93. The fourth-order valence-electron chi connectivity index (χ4n) is 1.36. The highest BCUT2D eigenvalue weighted by Crippen LogP contribution is 2.17. The number of rotatable bonds is 7. The standard InChI is InChI=1S/C13H21NO3/c1-13(9-15,10-16)8-14-12-5-3-11(4-6-12)7-17-2/h3-6,14-16H,7-10H2,1-2H3. The molecule has 0 aliphatic heterocycles. The Morgan fingerprint density at radius 2 is 1.76 bits per heavy atom. The Labute approximate surface area is 102 Å². The smallest absolute Gasteiger partial charge is 0.0713 e. The molecule has 0 amide bonds. The molecule has 0 spiro atoms. The molecule has 1 rings (SSSR count). The highest BCUT2D eigenvalue weighted by atomic mass is 16.5. The summed E-state index contributed by atoms with van der Waals surface area (Å²) < 4.78 is 5.03. The van der Waals surface area contributed by atoms with Gasteiger partial charge in [0, 0.05) is 24.8 Å². The van der Waals surface area contributed by atoms with Gasteiger partial charge in [0.15, 0.2) is 0 Å². The highest BCUT2D eigenvalue weighted by molar-refractivity contribution is 5.44. The quantitative estimate of drug-likeness (QED) is 0.670. The summed E-state index contributed by atoms with van der Waals surface area (Å²) in [6.07, 6.45) is 0. The topological polar surface area (TPSA) is 61.7 Å². The number of ether oxygens (including phenoxy) is 1. The highest BCUT2D eigenvalue weighted by Gasteiger charge is 2.21. The minimum Gasteiger partial charge on any atom is -0.396 e. The van der Waals surface area contributed by atoms with E-state index in [9.17, 15) is 0 Å². The van der Waals surface area contributed by atoms with Gasteiger partial charge in [-0.15, -0.1) is 0 Å². The molecule has 3 N–H and O–H groups in total. The molecule has 0 atom stereocenters. The van der Waals surface area contributed by atoms with Gasteiger partial charge < -0.3 is 20.3 Å². The van der Waals surface area contributed by atoms with Crippen molar-refractivity contribution in [3.05, 3.63) is 29.8 Å². The molecule has 1 aromatic carbocycles. The van der Waals surface area contributed by atoms with Crippen LogP contribution in [-0.2, 0) is 11.3 Å². The number of nitrogens with one attached hydrogen (secondary N) is 1. The van der Waals surface area contributed by atoms with Crippen molar-refractivity contribution in [3.63, 3.8) is 0 Å². The van der Waals surface area contributed by atoms with Gasteiger partial charge in [0.1, 0.15) is 0 Å². The van der Waals surface area contributed by atoms with Crippen molar-refractivity contribution < 1.29 is 14.9 Å². The van der Waals surface area contributed by atoms with Crippen LogP contribution in [0.2, 0.25) is 0 Å². The van der Waals surface area contributed by atoms with Gasteiger partial charge in [-0.05, 0) is 17.7 Å². The SMILES string of the molecule is COCc1ccc(NCC(C)(CO)CO)cc1. The van der Waals surface area contributed by atoms with Gasteiger partial charge in [-0.25, -0.2) is 0 Å². The molecule has 0 bridgehead atoms. The van der Waals surface area contributed by atoms with Crippen LogP contribution in [0.3, 0.4) is 0 Å². The number of hydrogen-bond acceptors (Lipinski definition) is 4. The molecule has 0 aliphatic carbocycles. The van der Waals surface area contributed by atoms with Gasteiger partial charge in [0.25, 0.3) is 0 Å². The van der Waals surface area contributed by atoms with Crippen LogP contribution in [0.25, 0.3) is 0 Å². The zero-order valence-corrected chi connectivity index (χ0v) is 10.4. The monoisotopic (exact) mass is 239 g/mol. The maximum atomic E-state index is 9.16. The predicted octanol–water partition coefficient (Wildman–Crippen LogP) is 1.24. The maximum Gasteiger partial charge on any atom is 0.0713 e. The molecule has 0 saturated carbocycles. The van der Waals surface area contributed by atoms with Gasteiger partial charge in [-0.1, -0.05) is 19.1 Å². The van der Waals surface area contributed by atoms with Crippen LogP contribution in [0.5, 0.6) is 0 Å². The zero-order chi connectivity index (χ0) is 12.7. The maximum absolute atomic E-state index is 9.16. The van der Waals surface area contributed by atoms with E-state index in [0.29, 0.717) is 13.2 Å². The largest absolute Gasteiger partial charge is 0.396 e. The fourth-order valence-corrected chi connectivity index (χ4v) is 1.36. The van der Waals surface area contributed by atoms with Crippen LogP contribution in [-0.4, -0.2) is 37.1 Å². The van der Waals surface area contributed by atoms with E-state index in [1.54, 1.807) is 7.11 Å². The molecular weight excluding hydrogens is 218 g/mol. The third kappa shape index (κ3) is 4.34. The number of benzene rings is 1. The summed E-state index contributed by atoms with van der Waals surface area (Å²) in [5.74, 6) is 0. The molecular formula is C13H21NO3. The molecule has 0 heterocycles. The predicted molar refractivity (Wildman–Crippen MR) is 67.9 cm³/mol. The Morgan fingerprint density at radius 1 is 1.18 bits per heavy atom. The first kappa shape index (κ1) is 14.0. The molecule has 0 radical (unpaired) electrons. The Hall–Kier alpha value is -1.10. The third-order valence-corrected chi connectivity index (χ3v) is 2.75. The lowest BCUT2D eigenvalue weighted by molar-refractivity contribution is 0.0806. The minimum absolute atomic E-state index is 0.0434. The van der Waals surface area contributed by atoms with Gasteiger partial charge in [-0.2, -0.15) is 0 Å². The number of aliphatic hydroxyl groups excluding tert-OH is 2. The van der Waals surface area contributed by atoms with Crippen molar-refractivity contribution in [2.75, 3.05) is 32.2 Å². The van der Waals surface area contributed by atoms with E-state index < -0.39 is 5.41 Å². The van der Waals surface area contributed by atoms with Gasteiger partial charge in [-0.3, -0.25) is 0 Å². The number of anilines is 1. The minimum atomic E-state index is -0.495. The van der Waals surface area contributed by atoms with Crippen LogP contribution >= 0.6 is 0 Å². The second-order valence-corrected chi connectivity index (χ2v) is 4.61. The van der Waals surface area contributed by atoms with E-state index in [1.807, 2.05) is 31.2 Å². The molecule has 4 heteroatoms. The van der Waals surface area contributed by atoms with Gasteiger partial charge >= 0.3 is 0 Å².